The zero-order chi connectivity index (χ0) is 19.7. The van der Waals surface area contributed by atoms with Crippen molar-refractivity contribution in [2.75, 3.05) is 13.7 Å². The van der Waals surface area contributed by atoms with Crippen LogP contribution < -0.4 is 4.80 Å². The number of nitro benzene ring substituents is 1. The molecule has 0 saturated carbocycles. The van der Waals surface area contributed by atoms with E-state index in [1.165, 1.54) is 23.5 Å². The average Bonchev–Trinajstić information content (AvgIpc) is 3.27. The lowest BCUT2D eigenvalue weighted by atomic mass is 10.2. The molecule has 8 nitrogen and oxygen atoms in total. The number of fused-ring (bicyclic) bond motifs is 2. The Balaban J connectivity index is 1.82. The summed E-state index contributed by atoms with van der Waals surface area (Å²) in [6.07, 6.45) is 0. The van der Waals surface area contributed by atoms with E-state index in [1.54, 1.807) is 25.3 Å². The Morgan fingerprint density at radius 2 is 2.11 bits per heavy atom. The van der Waals surface area contributed by atoms with Crippen LogP contribution in [0.25, 0.3) is 21.2 Å². The maximum atomic E-state index is 12.7. The SMILES string of the molecule is COCCn1c(=NC(=O)c2cc3ccccc3o2)sc2cc([N+](=O)[O-])ccc21. The fourth-order valence-electron chi connectivity index (χ4n) is 2.89. The number of hydrogen-bond acceptors (Lipinski definition) is 6. The molecule has 0 atom stereocenters. The van der Waals surface area contributed by atoms with Crippen LogP contribution >= 0.6 is 11.3 Å². The van der Waals surface area contributed by atoms with E-state index < -0.39 is 10.8 Å². The van der Waals surface area contributed by atoms with E-state index in [1.807, 2.05) is 22.8 Å². The molecule has 0 fully saturated rings. The lowest BCUT2D eigenvalue weighted by Crippen LogP contribution is -2.19. The highest BCUT2D eigenvalue weighted by Gasteiger charge is 2.15. The molecule has 142 valence electrons. The van der Waals surface area contributed by atoms with Crippen LogP contribution in [-0.4, -0.2) is 29.1 Å². The van der Waals surface area contributed by atoms with Gasteiger partial charge in [-0.15, -0.1) is 0 Å². The number of amides is 1. The normalized spacial score (nSPS) is 12.1. The molecule has 0 aliphatic rings. The first-order valence-electron chi connectivity index (χ1n) is 8.41. The van der Waals surface area contributed by atoms with Crippen molar-refractivity contribution < 1.29 is 18.9 Å². The summed E-state index contributed by atoms with van der Waals surface area (Å²) >= 11 is 1.21. The van der Waals surface area contributed by atoms with Crippen LogP contribution in [0.3, 0.4) is 0 Å². The second kappa shape index (κ2) is 7.37. The Morgan fingerprint density at radius 1 is 1.29 bits per heavy atom. The van der Waals surface area contributed by atoms with Crippen molar-refractivity contribution in [2.45, 2.75) is 6.54 Å². The smallest absolute Gasteiger partial charge is 0.315 e. The molecule has 0 aliphatic carbocycles. The predicted molar refractivity (Wildman–Crippen MR) is 104 cm³/mol. The summed E-state index contributed by atoms with van der Waals surface area (Å²) in [5.74, 6) is -0.369. The van der Waals surface area contributed by atoms with E-state index in [4.69, 9.17) is 9.15 Å². The molecule has 28 heavy (non-hydrogen) atoms. The highest BCUT2D eigenvalue weighted by atomic mass is 32.1. The van der Waals surface area contributed by atoms with Gasteiger partial charge in [0.05, 0.1) is 21.7 Å². The summed E-state index contributed by atoms with van der Waals surface area (Å²) in [5.41, 5.74) is 1.35. The summed E-state index contributed by atoms with van der Waals surface area (Å²) in [7, 11) is 1.58. The third kappa shape index (κ3) is 3.32. The monoisotopic (exact) mass is 397 g/mol. The first-order chi connectivity index (χ1) is 13.6. The quantitative estimate of drug-likeness (QED) is 0.377. The second-order valence-corrected chi connectivity index (χ2v) is 7.01. The molecule has 0 saturated heterocycles. The maximum Gasteiger partial charge on any atom is 0.315 e. The third-order valence-corrected chi connectivity index (χ3v) is 5.27. The summed E-state index contributed by atoms with van der Waals surface area (Å²) < 4.78 is 13.2. The van der Waals surface area contributed by atoms with Crippen LogP contribution in [-0.2, 0) is 11.3 Å². The number of nitrogens with zero attached hydrogens (tertiary/aromatic N) is 3. The fraction of sp³-hybridized carbons (Fsp3) is 0.158. The number of thiazole rings is 1. The molecule has 0 N–H and O–H groups in total. The number of nitro groups is 1. The molecule has 0 spiro atoms. The Labute approximate surface area is 162 Å². The van der Waals surface area contributed by atoms with E-state index in [2.05, 4.69) is 4.99 Å². The molecule has 0 bridgehead atoms. The van der Waals surface area contributed by atoms with E-state index >= 15 is 0 Å². The summed E-state index contributed by atoms with van der Waals surface area (Å²) in [6, 6.07) is 13.5. The van der Waals surface area contributed by atoms with Crippen molar-refractivity contribution >= 4 is 44.1 Å². The van der Waals surface area contributed by atoms with E-state index in [0.29, 0.717) is 28.2 Å². The molecule has 2 heterocycles. The van der Waals surface area contributed by atoms with Crippen LogP contribution in [0.2, 0.25) is 0 Å². The molecule has 0 aliphatic heterocycles. The van der Waals surface area contributed by atoms with Gasteiger partial charge in [-0.05, 0) is 18.2 Å². The highest BCUT2D eigenvalue weighted by Crippen LogP contribution is 2.24. The molecular formula is C19H15N3O5S. The van der Waals surface area contributed by atoms with Gasteiger partial charge >= 0.3 is 5.91 Å². The highest BCUT2D eigenvalue weighted by molar-refractivity contribution is 7.16. The van der Waals surface area contributed by atoms with Gasteiger partial charge in [-0.2, -0.15) is 4.99 Å². The number of para-hydroxylation sites is 1. The van der Waals surface area contributed by atoms with Crippen molar-refractivity contribution in [3.05, 3.63) is 69.2 Å². The standard InChI is InChI=1S/C19H15N3O5S/c1-26-9-8-21-14-7-6-13(22(24)25)11-17(14)28-19(21)20-18(23)16-10-12-4-2-3-5-15(12)27-16/h2-7,10-11H,8-9H2,1H3. The van der Waals surface area contributed by atoms with Gasteiger partial charge in [-0.3, -0.25) is 14.9 Å². The largest absolute Gasteiger partial charge is 0.451 e. The van der Waals surface area contributed by atoms with Gasteiger partial charge in [0.25, 0.3) is 5.69 Å². The van der Waals surface area contributed by atoms with Crippen LogP contribution in [0.1, 0.15) is 10.6 Å². The molecule has 2 aromatic heterocycles. The van der Waals surface area contributed by atoms with Gasteiger partial charge in [-0.1, -0.05) is 29.5 Å². The number of aromatic nitrogens is 1. The van der Waals surface area contributed by atoms with E-state index in [-0.39, 0.29) is 11.4 Å². The Hall–Kier alpha value is -3.30. The first kappa shape index (κ1) is 18.1. The average molecular weight is 397 g/mol. The lowest BCUT2D eigenvalue weighted by Gasteiger charge is -2.03. The zero-order valence-corrected chi connectivity index (χ0v) is 15.6. The number of rotatable bonds is 5. The predicted octanol–water partition coefficient (Wildman–Crippen LogP) is 3.74. The minimum atomic E-state index is -0.511. The van der Waals surface area contributed by atoms with Gasteiger partial charge in [0, 0.05) is 31.2 Å². The molecule has 2 aromatic carbocycles. The Kier molecular flexibility index (Phi) is 4.76. The van der Waals surface area contributed by atoms with Gasteiger partial charge in [-0.25, -0.2) is 0 Å². The summed E-state index contributed by atoms with van der Waals surface area (Å²) in [4.78, 5) is 27.9. The van der Waals surface area contributed by atoms with Gasteiger partial charge in [0.15, 0.2) is 10.6 Å². The van der Waals surface area contributed by atoms with Crippen molar-refractivity contribution in [3.8, 4) is 0 Å². The number of ether oxygens (including phenoxy) is 1. The van der Waals surface area contributed by atoms with E-state index in [9.17, 15) is 14.9 Å². The van der Waals surface area contributed by atoms with Crippen LogP contribution in [0.15, 0.2) is 57.9 Å². The van der Waals surface area contributed by atoms with Crippen molar-refractivity contribution in [2.24, 2.45) is 4.99 Å². The number of carbonyl (C=O) groups excluding carboxylic acids is 1. The third-order valence-electron chi connectivity index (χ3n) is 4.23. The van der Waals surface area contributed by atoms with Crippen molar-refractivity contribution in [1.82, 2.24) is 4.57 Å². The maximum absolute atomic E-state index is 12.7. The van der Waals surface area contributed by atoms with Gasteiger partial charge in [0.2, 0.25) is 0 Å². The van der Waals surface area contributed by atoms with Crippen molar-refractivity contribution in [3.63, 3.8) is 0 Å². The van der Waals surface area contributed by atoms with Crippen LogP contribution in [0.4, 0.5) is 5.69 Å². The van der Waals surface area contributed by atoms with Gasteiger partial charge in [0.1, 0.15) is 5.58 Å². The number of benzene rings is 2. The van der Waals surface area contributed by atoms with Gasteiger partial charge < -0.3 is 13.7 Å². The number of non-ortho nitro benzene ring substituents is 1. The lowest BCUT2D eigenvalue weighted by molar-refractivity contribution is -0.384. The second-order valence-electron chi connectivity index (χ2n) is 6.00. The summed E-state index contributed by atoms with van der Waals surface area (Å²) in [5, 5.41) is 11.9. The first-order valence-corrected chi connectivity index (χ1v) is 9.23. The number of hydrogen-bond donors (Lipinski definition) is 0. The molecular weight excluding hydrogens is 382 g/mol. The number of carbonyl (C=O) groups is 1. The minimum absolute atomic E-state index is 0.0113. The van der Waals surface area contributed by atoms with E-state index in [0.717, 1.165) is 10.9 Å². The molecule has 4 rings (SSSR count). The molecule has 0 unspecified atom stereocenters. The van der Waals surface area contributed by atoms with Crippen LogP contribution in [0.5, 0.6) is 0 Å². The minimum Gasteiger partial charge on any atom is -0.451 e. The fourth-order valence-corrected chi connectivity index (χ4v) is 3.98. The molecule has 1 amide bonds. The van der Waals surface area contributed by atoms with Crippen LogP contribution in [0, 0.1) is 10.1 Å². The molecule has 0 radical (unpaired) electrons. The zero-order valence-electron chi connectivity index (χ0n) is 14.8. The number of furan rings is 1. The summed E-state index contributed by atoms with van der Waals surface area (Å²) in [6.45, 7) is 0.870. The molecule has 9 heteroatoms. The molecule has 4 aromatic rings. The Morgan fingerprint density at radius 3 is 2.86 bits per heavy atom. The topological polar surface area (TPSA) is 99.9 Å². The van der Waals surface area contributed by atoms with Crippen molar-refractivity contribution in [1.29, 1.82) is 0 Å². The number of methoxy groups -OCH3 is 1. The Bertz CT molecular complexity index is 1230.